The Balaban J connectivity index is 1.58. The maximum absolute atomic E-state index is 6.21. The number of ether oxygens (including phenoxy) is 1. The zero-order valence-corrected chi connectivity index (χ0v) is 12.2. The molecule has 108 valence electrons. The SMILES string of the molecule is c1ccc2c(c1)CCNC2C1CCOC2(CCCC2)C1. The van der Waals surface area contributed by atoms with E-state index in [1.807, 2.05) is 0 Å². The number of benzene rings is 1. The lowest BCUT2D eigenvalue weighted by atomic mass is 9.76. The summed E-state index contributed by atoms with van der Waals surface area (Å²) in [6, 6.07) is 9.59. The van der Waals surface area contributed by atoms with Crippen LogP contribution >= 0.6 is 0 Å². The van der Waals surface area contributed by atoms with Crippen molar-refractivity contribution in [1.29, 1.82) is 0 Å². The van der Waals surface area contributed by atoms with Crippen LogP contribution < -0.4 is 5.32 Å². The van der Waals surface area contributed by atoms with E-state index in [-0.39, 0.29) is 5.60 Å². The standard InChI is InChI=1S/C18H25NO/c1-2-6-16-14(5-1)7-11-19-17(16)15-8-12-20-18(13-15)9-3-4-10-18/h1-2,5-6,15,17,19H,3-4,7-13H2. The third-order valence-corrected chi connectivity index (χ3v) is 5.67. The van der Waals surface area contributed by atoms with Gasteiger partial charge in [-0.1, -0.05) is 37.1 Å². The van der Waals surface area contributed by atoms with Crippen molar-refractivity contribution < 1.29 is 4.74 Å². The summed E-state index contributed by atoms with van der Waals surface area (Å²) in [5, 5.41) is 3.80. The Morgan fingerprint density at radius 3 is 2.90 bits per heavy atom. The molecule has 2 nitrogen and oxygen atoms in total. The van der Waals surface area contributed by atoms with Gasteiger partial charge in [0.1, 0.15) is 0 Å². The Bertz CT molecular complexity index is 478. The van der Waals surface area contributed by atoms with Crippen LogP contribution in [-0.2, 0) is 11.2 Å². The maximum atomic E-state index is 6.21. The van der Waals surface area contributed by atoms with Gasteiger partial charge < -0.3 is 10.1 Å². The predicted octanol–water partition coefficient (Wildman–Crippen LogP) is 3.61. The summed E-state index contributed by atoms with van der Waals surface area (Å²) in [7, 11) is 0. The Hall–Kier alpha value is -0.860. The van der Waals surface area contributed by atoms with Gasteiger partial charge in [0, 0.05) is 12.6 Å². The second kappa shape index (κ2) is 5.16. The molecule has 2 fully saturated rings. The monoisotopic (exact) mass is 271 g/mol. The summed E-state index contributed by atoms with van der Waals surface area (Å²) in [5.74, 6) is 0.753. The molecule has 0 radical (unpaired) electrons. The van der Waals surface area contributed by atoms with Crippen LogP contribution in [0.25, 0.3) is 0 Å². The molecule has 1 spiro atoms. The molecule has 1 saturated carbocycles. The van der Waals surface area contributed by atoms with Crippen molar-refractivity contribution in [3.05, 3.63) is 35.4 Å². The summed E-state index contributed by atoms with van der Waals surface area (Å²) >= 11 is 0. The van der Waals surface area contributed by atoms with Crippen LogP contribution in [0.5, 0.6) is 0 Å². The molecular formula is C18H25NO. The number of hydrogen-bond acceptors (Lipinski definition) is 2. The minimum Gasteiger partial charge on any atom is -0.375 e. The molecule has 1 aromatic rings. The minimum absolute atomic E-state index is 0.233. The van der Waals surface area contributed by atoms with Crippen molar-refractivity contribution in [2.24, 2.45) is 5.92 Å². The Kier molecular flexibility index (Phi) is 3.31. The third kappa shape index (κ3) is 2.19. The summed E-state index contributed by atoms with van der Waals surface area (Å²) in [4.78, 5) is 0. The molecule has 2 heterocycles. The molecule has 2 unspecified atom stereocenters. The minimum atomic E-state index is 0.233. The lowest BCUT2D eigenvalue weighted by molar-refractivity contribution is -0.0984. The molecule has 4 rings (SSSR count). The van der Waals surface area contributed by atoms with E-state index in [0.29, 0.717) is 6.04 Å². The fourth-order valence-corrected chi connectivity index (χ4v) is 4.68. The second-order valence-electron chi connectivity index (χ2n) is 6.87. The highest BCUT2D eigenvalue weighted by Crippen LogP contribution is 2.46. The van der Waals surface area contributed by atoms with Crippen LogP contribution in [0.1, 0.15) is 55.7 Å². The van der Waals surface area contributed by atoms with Crippen LogP contribution in [0.3, 0.4) is 0 Å². The smallest absolute Gasteiger partial charge is 0.0686 e. The zero-order chi connectivity index (χ0) is 13.4. The Morgan fingerprint density at radius 2 is 2.00 bits per heavy atom. The molecule has 20 heavy (non-hydrogen) atoms. The topological polar surface area (TPSA) is 21.3 Å². The normalized spacial score (nSPS) is 32.2. The van der Waals surface area contributed by atoms with E-state index >= 15 is 0 Å². The summed E-state index contributed by atoms with van der Waals surface area (Å²) < 4.78 is 6.21. The first kappa shape index (κ1) is 12.8. The number of nitrogens with one attached hydrogen (secondary N) is 1. The fraction of sp³-hybridized carbons (Fsp3) is 0.667. The van der Waals surface area contributed by atoms with Gasteiger partial charge in [-0.3, -0.25) is 0 Å². The molecule has 1 N–H and O–H groups in total. The van der Waals surface area contributed by atoms with E-state index in [4.69, 9.17) is 4.74 Å². The highest BCUT2D eigenvalue weighted by atomic mass is 16.5. The van der Waals surface area contributed by atoms with Crippen LogP contribution in [0.4, 0.5) is 0 Å². The lowest BCUT2D eigenvalue weighted by Gasteiger charge is -2.43. The largest absolute Gasteiger partial charge is 0.375 e. The Morgan fingerprint density at radius 1 is 1.15 bits per heavy atom. The number of rotatable bonds is 1. The molecule has 1 aliphatic carbocycles. The van der Waals surface area contributed by atoms with Gasteiger partial charge in [-0.15, -0.1) is 0 Å². The first-order valence-corrected chi connectivity index (χ1v) is 8.32. The molecule has 1 aromatic carbocycles. The van der Waals surface area contributed by atoms with Crippen LogP contribution in [0.15, 0.2) is 24.3 Å². The summed E-state index contributed by atoms with van der Waals surface area (Å²) in [6.07, 6.45) is 8.96. The van der Waals surface area contributed by atoms with E-state index in [2.05, 4.69) is 29.6 Å². The van der Waals surface area contributed by atoms with Crippen LogP contribution in [-0.4, -0.2) is 18.8 Å². The van der Waals surface area contributed by atoms with Gasteiger partial charge in [0.05, 0.1) is 5.60 Å². The molecular weight excluding hydrogens is 246 g/mol. The first-order chi connectivity index (χ1) is 9.86. The van der Waals surface area contributed by atoms with Crippen molar-refractivity contribution >= 4 is 0 Å². The quantitative estimate of drug-likeness (QED) is 0.842. The van der Waals surface area contributed by atoms with Gasteiger partial charge in [0.2, 0.25) is 0 Å². The fourth-order valence-electron chi connectivity index (χ4n) is 4.68. The number of hydrogen-bond donors (Lipinski definition) is 1. The molecule has 0 bridgehead atoms. The van der Waals surface area contributed by atoms with Gasteiger partial charge in [0.25, 0.3) is 0 Å². The first-order valence-electron chi connectivity index (χ1n) is 8.32. The van der Waals surface area contributed by atoms with E-state index in [0.717, 1.165) is 19.1 Å². The van der Waals surface area contributed by atoms with Crippen molar-refractivity contribution in [3.63, 3.8) is 0 Å². The van der Waals surface area contributed by atoms with E-state index in [1.165, 1.54) is 44.9 Å². The predicted molar refractivity (Wildman–Crippen MR) is 80.8 cm³/mol. The average molecular weight is 271 g/mol. The molecule has 2 atom stereocenters. The van der Waals surface area contributed by atoms with Crippen LogP contribution in [0.2, 0.25) is 0 Å². The molecule has 1 saturated heterocycles. The molecule has 3 aliphatic rings. The zero-order valence-electron chi connectivity index (χ0n) is 12.2. The Labute approximate surface area is 121 Å². The van der Waals surface area contributed by atoms with Crippen molar-refractivity contribution in [1.82, 2.24) is 5.32 Å². The van der Waals surface area contributed by atoms with E-state index < -0.39 is 0 Å². The molecule has 2 aliphatic heterocycles. The van der Waals surface area contributed by atoms with Gasteiger partial charge in [-0.25, -0.2) is 0 Å². The van der Waals surface area contributed by atoms with Crippen molar-refractivity contribution in [2.45, 2.75) is 56.6 Å². The van der Waals surface area contributed by atoms with Gasteiger partial charge >= 0.3 is 0 Å². The van der Waals surface area contributed by atoms with Crippen LogP contribution in [0, 0.1) is 5.92 Å². The maximum Gasteiger partial charge on any atom is 0.0686 e. The lowest BCUT2D eigenvalue weighted by Crippen LogP contribution is -2.43. The second-order valence-corrected chi connectivity index (χ2v) is 6.87. The highest BCUT2D eigenvalue weighted by molar-refractivity contribution is 5.33. The van der Waals surface area contributed by atoms with Gasteiger partial charge in [-0.2, -0.15) is 0 Å². The summed E-state index contributed by atoms with van der Waals surface area (Å²) in [5.41, 5.74) is 3.35. The highest BCUT2D eigenvalue weighted by Gasteiger charge is 2.42. The van der Waals surface area contributed by atoms with Crippen molar-refractivity contribution in [2.75, 3.05) is 13.2 Å². The van der Waals surface area contributed by atoms with Crippen molar-refractivity contribution in [3.8, 4) is 0 Å². The summed E-state index contributed by atoms with van der Waals surface area (Å²) in [6.45, 7) is 2.09. The van der Waals surface area contributed by atoms with E-state index in [9.17, 15) is 0 Å². The van der Waals surface area contributed by atoms with E-state index in [1.54, 1.807) is 11.1 Å². The van der Waals surface area contributed by atoms with Gasteiger partial charge in [0.15, 0.2) is 0 Å². The third-order valence-electron chi connectivity index (χ3n) is 5.67. The molecule has 0 aromatic heterocycles. The average Bonchev–Trinajstić information content (AvgIpc) is 2.94. The number of fused-ring (bicyclic) bond motifs is 1. The van der Waals surface area contributed by atoms with Gasteiger partial charge in [-0.05, 0) is 55.7 Å². The molecule has 0 amide bonds. The molecule has 2 heteroatoms.